The summed E-state index contributed by atoms with van der Waals surface area (Å²) in [6, 6.07) is 0. The Morgan fingerprint density at radius 3 is 2.86 bits per heavy atom. The minimum absolute atomic E-state index is 0.853. The lowest BCUT2D eigenvalue weighted by Crippen LogP contribution is -1.94. The van der Waals surface area contributed by atoms with Crippen molar-refractivity contribution in [3.05, 3.63) is 23.9 Å². The Morgan fingerprint density at radius 1 is 1.71 bits per heavy atom. The highest BCUT2D eigenvalue weighted by Gasteiger charge is 1.87. The van der Waals surface area contributed by atoms with Crippen molar-refractivity contribution in [1.82, 2.24) is 0 Å². The van der Waals surface area contributed by atoms with E-state index < -0.39 is 0 Å². The summed E-state index contributed by atoms with van der Waals surface area (Å²) in [5.74, 6) is 0. The van der Waals surface area contributed by atoms with E-state index in [1.165, 1.54) is 0 Å². The number of hydrogen-bond acceptors (Lipinski definition) is 1. The summed E-state index contributed by atoms with van der Waals surface area (Å²) in [5.41, 5.74) is 6.23. The molecule has 0 fully saturated rings. The molecule has 0 aliphatic heterocycles. The molecule has 0 saturated heterocycles. The summed E-state index contributed by atoms with van der Waals surface area (Å²) in [6.45, 7) is 0. The van der Waals surface area contributed by atoms with Crippen molar-refractivity contribution >= 4 is 0 Å². The number of allylic oxidation sites excluding steroid dienone is 3. The molecule has 0 aromatic carbocycles. The molecule has 1 aliphatic carbocycles. The van der Waals surface area contributed by atoms with E-state index in [4.69, 9.17) is 5.73 Å². The minimum atomic E-state index is 0.853. The van der Waals surface area contributed by atoms with Crippen molar-refractivity contribution < 1.29 is 0 Å². The highest BCUT2D eigenvalue weighted by molar-refractivity contribution is 5.15. The fourth-order valence-electron chi connectivity index (χ4n) is 0.571. The molecule has 1 heteroatoms. The van der Waals surface area contributed by atoms with E-state index >= 15 is 0 Å². The molecule has 1 aliphatic rings. The first kappa shape index (κ1) is 4.44. The highest BCUT2D eigenvalue weighted by atomic mass is 14.6. The van der Waals surface area contributed by atoms with Gasteiger partial charge >= 0.3 is 0 Å². The number of hydrogen-bond donors (Lipinski definition) is 1. The molecule has 0 saturated carbocycles. The van der Waals surface area contributed by atoms with Crippen LogP contribution in [0.4, 0.5) is 0 Å². The predicted octanol–water partition coefficient (Wildman–Crippen LogP) is 0.982. The molecular weight excluding hydrogens is 86.1 g/mol. The maximum absolute atomic E-state index is 5.38. The van der Waals surface area contributed by atoms with E-state index in [1.54, 1.807) is 0 Å². The van der Waals surface area contributed by atoms with Gasteiger partial charge in [0.05, 0.1) is 0 Å². The molecule has 1 rings (SSSR count). The van der Waals surface area contributed by atoms with Crippen molar-refractivity contribution in [2.75, 3.05) is 0 Å². The molecule has 0 unspecified atom stereocenters. The summed E-state index contributed by atoms with van der Waals surface area (Å²) in [7, 11) is 0. The van der Waals surface area contributed by atoms with E-state index in [2.05, 4.69) is 6.08 Å². The van der Waals surface area contributed by atoms with Crippen molar-refractivity contribution in [2.24, 2.45) is 5.73 Å². The highest BCUT2D eigenvalue weighted by Crippen LogP contribution is 2.01. The van der Waals surface area contributed by atoms with Gasteiger partial charge in [-0.3, -0.25) is 0 Å². The van der Waals surface area contributed by atoms with Gasteiger partial charge in [-0.25, -0.2) is 0 Å². The molecular formula is C6H8N. The van der Waals surface area contributed by atoms with Gasteiger partial charge < -0.3 is 5.73 Å². The van der Waals surface area contributed by atoms with Crippen molar-refractivity contribution in [3.8, 4) is 0 Å². The second-order valence-electron chi connectivity index (χ2n) is 1.59. The van der Waals surface area contributed by atoms with Crippen LogP contribution >= 0.6 is 0 Å². The molecule has 37 valence electrons. The summed E-state index contributed by atoms with van der Waals surface area (Å²) in [4.78, 5) is 0. The van der Waals surface area contributed by atoms with Crippen LogP contribution in [-0.4, -0.2) is 0 Å². The van der Waals surface area contributed by atoms with Gasteiger partial charge in [-0.05, 0) is 25.0 Å². The van der Waals surface area contributed by atoms with Crippen LogP contribution in [0.25, 0.3) is 0 Å². The van der Waals surface area contributed by atoms with Gasteiger partial charge in [0.2, 0.25) is 0 Å². The van der Waals surface area contributed by atoms with Gasteiger partial charge in [0, 0.05) is 5.70 Å². The Kier molecular flexibility index (Phi) is 1.16. The fraction of sp³-hybridized carbons (Fsp3) is 0.333. The van der Waals surface area contributed by atoms with E-state index in [9.17, 15) is 0 Å². The molecule has 2 N–H and O–H groups in total. The predicted molar refractivity (Wildman–Crippen MR) is 29.3 cm³/mol. The first-order valence-electron chi connectivity index (χ1n) is 2.42. The molecule has 1 radical (unpaired) electrons. The van der Waals surface area contributed by atoms with E-state index in [0.29, 0.717) is 0 Å². The number of nitrogens with two attached hydrogens (primary N) is 1. The molecule has 0 aromatic rings. The topological polar surface area (TPSA) is 26.0 Å². The Hall–Kier alpha value is -0.720. The van der Waals surface area contributed by atoms with Gasteiger partial charge in [0.25, 0.3) is 0 Å². The van der Waals surface area contributed by atoms with Crippen LogP contribution in [-0.2, 0) is 0 Å². The summed E-state index contributed by atoms with van der Waals surface area (Å²) in [6.07, 6.45) is 8.94. The van der Waals surface area contributed by atoms with E-state index in [-0.39, 0.29) is 0 Å². The Labute approximate surface area is 43.5 Å². The molecule has 0 spiro atoms. The molecule has 0 atom stereocenters. The van der Waals surface area contributed by atoms with Crippen LogP contribution in [0.15, 0.2) is 17.8 Å². The average Bonchev–Trinajstić information content (AvgIpc) is 1.69. The summed E-state index contributed by atoms with van der Waals surface area (Å²) < 4.78 is 0. The SMILES string of the molecule is NC1=CCC[C]=C1. The quantitative estimate of drug-likeness (QED) is 0.475. The average molecular weight is 94.1 g/mol. The zero-order chi connectivity index (χ0) is 5.11. The third-order valence-electron chi connectivity index (χ3n) is 0.937. The van der Waals surface area contributed by atoms with Crippen LogP contribution in [0.5, 0.6) is 0 Å². The molecule has 7 heavy (non-hydrogen) atoms. The van der Waals surface area contributed by atoms with Gasteiger partial charge in [-0.15, -0.1) is 0 Å². The Bertz CT molecular complexity index is 111. The lowest BCUT2D eigenvalue weighted by molar-refractivity contribution is 0.986. The van der Waals surface area contributed by atoms with E-state index in [1.807, 2.05) is 12.2 Å². The van der Waals surface area contributed by atoms with Crippen molar-refractivity contribution in [3.63, 3.8) is 0 Å². The zero-order valence-electron chi connectivity index (χ0n) is 4.15. The first-order chi connectivity index (χ1) is 3.39. The molecule has 0 heterocycles. The van der Waals surface area contributed by atoms with Crippen LogP contribution in [0.2, 0.25) is 0 Å². The van der Waals surface area contributed by atoms with Gasteiger partial charge in [-0.2, -0.15) is 0 Å². The monoisotopic (exact) mass is 94.1 g/mol. The van der Waals surface area contributed by atoms with Crippen LogP contribution in [0, 0.1) is 6.08 Å². The maximum atomic E-state index is 5.38. The van der Waals surface area contributed by atoms with Crippen molar-refractivity contribution in [2.45, 2.75) is 12.8 Å². The zero-order valence-corrected chi connectivity index (χ0v) is 4.15. The first-order valence-corrected chi connectivity index (χ1v) is 2.42. The maximum Gasteiger partial charge on any atom is 0.0276 e. The molecule has 0 amide bonds. The van der Waals surface area contributed by atoms with Gasteiger partial charge in [-0.1, -0.05) is 6.08 Å². The fourth-order valence-corrected chi connectivity index (χ4v) is 0.571. The molecule has 1 nitrogen and oxygen atoms in total. The largest absolute Gasteiger partial charge is 0.399 e. The van der Waals surface area contributed by atoms with E-state index in [0.717, 1.165) is 18.5 Å². The smallest absolute Gasteiger partial charge is 0.0276 e. The lowest BCUT2D eigenvalue weighted by atomic mass is 10.2. The normalized spacial score (nSPS) is 19.1. The van der Waals surface area contributed by atoms with Gasteiger partial charge in [0.15, 0.2) is 0 Å². The molecule has 0 bridgehead atoms. The van der Waals surface area contributed by atoms with Gasteiger partial charge in [0.1, 0.15) is 0 Å². The Balaban J connectivity index is 2.58. The third-order valence-corrected chi connectivity index (χ3v) is 0.937. The third kappa shape index (κ3) is 1.07. The summed E-state index contributed by atoms with van der Waals surface area (Å²) >= 11 is 0. The summed E-state index contributed by atoms with van der Waals surface area (Å²) in [5, 5.41) is 0. The van der Waals surface area contributed by atoms with Crippen molar-refractivity contribution in [1.29, 1.82) is 0 Å². The second kappa shape index (κ2) is 1.82. The molecule has 0 aromatic heterocycles. The lowest BCUT2D eigenvalue weighted by Gasteiger charge is -1.96. The number of rotatable bonds is 0. The second-order valence-corrected chi connectivity index (χ2v) is 1.59. The van der Waals surface area contributed by atoms with Crippen LogP contribution < -0.4 is 5.73 Å². The minimum Gasteiger partial charge on any atom is -0.399 e. The standard InChI is InChI=1S/C6H8N/c7-6-4-2-1-3-5-6/h4-5H,1-2,7H2. The van der Waals surface area contributed by atoms with Crippen LogP contribution in [0.1, 0.15) is 12.8 Å². The van der Waals surface area contributed by atoms with Crippen LogP contribution in [0.3, 0.4) is 0 Å². The Morgan fingerprint density at radius 2 is 2.57 bits per heavy atom.